The molecule has 3 aromatic carbocycles. The summed E-state index contributed by atoms with van der Waals surface area (Å²) >= 11 is 0. The van der Waals surface area contributed by atoms with Crippen LogP contribution in [0.3, 0.4) is 0 Å². The number of amides is 1. The predicted molar refractivity (Wildman–Crippen MR) is 110 cm³/mol. The Bertz CT molecular complexity index is 1240. The number of carbonyl (C=O) groups excluding carboxylic acids is 1. The average molecular weight is 468 g/mol. The van der Waals surface area contributed by atoms with Gasteiger partial charge in [0.25, 0.3) is 15.9 Å². The van der Waals surface area contributed by atoms with E-state index in [1.54, 1.807) is 0 Å². The first-order valence-electron chi connectivity index (χ1n) is 8.95. The van der Waals surface area contributed by atoms with Crippen LogP contribution in [-0.2, 0) is 16.2 Å². The fourth-order valence-electron chi connectivity index (χ4n) is 2.73. The molecule has 0 atom stereocenters. The number of alkyl halides is 3. The zero-order valence-corrected chi connectivity index (χ0v) is 17.2. The average Bonchev–Trinajstić information content (AvgIpc) is 2.73. The summed E-state index contributed by atoms with van der Waals surface area (Å²) in [4.78, 5) is 12.1. The minimum Gasteiger partial charge on any atom is -0.495 e. The van der Waals surface area contributed by atoms with Crippen molar-refractivity contribution in [2.75, 3.05) is 17.1 Å². The molecule has 3 rings (SSSR count). The smallest absolute Gasteiger partial charge is 0.416 e. The molecule has 0 aliphatic rings. The van der Waals surface area contributed by atoms with Crippen LogP contribution in [0.25, 0.3) is 0 Å². The summed E-state index contributed by atoms with van der Waals surface area (Å²) in [6.07, 6.45) is -4.56. The van der Waals surface area contributed by atoms with Gasteiger partial charge in [-0.05, 0) is 54.6 Å². The quantitative estimate of drug-likeness (QED) is 0.504. The summed E-state index contributed by atoms with van der Waals surface area (Å²) in [7, 11) is -2.94. The van der Waals surface area contributed by atoms with Crippen LogP contribution in [-0.4, -0.2) is 21.4 Å². The number of rotatable bonds is 6. The monoisotopic (exact) mass is 468 g/mol. The molecule has 3 aromatic rings. The maximum Gasteiger partial charge on any atom is 0.416 e. The molecule has 2 N–H and O–H groups in total. The Hall–Kier alpha value is -3.60. The fourth-order valence-corrected chi connectivity index (χ4v) is 3.81. The second-order valence-electron chi connectivity index (χ2n) is 6.48. The number of halogens is 4. The van der Waals surface area contributed by atoms with Gasteiger partial charge in [-0.15, -0.1) is 0 Å². The van der Waals surface area contributed by atoms with Gasteiger partial charge in [-0.3, -0.25) is 9.52 Å². The van der Waals surface area contributed by atoms with E-state index in [0.29, 0.717) is 0 Å². The van der Waals surface area contributed by atoms with E-state index in [9.17, 15) is 30.8 Å². The lowest BCUT2D eigenvalue weighted by atomic mass is 10.2. The van der Waals surface area contributed by atoms with E-state index in [-0.39, 0.29) is 27.6 Å². The van der Waals surface area contributed by atoms with Crippen molar-refractivity contribution >= 4 is 27.3 Å². The van der Waals surface area contributed by atoms with Gasteiger partial charge in [-0.25, -0.2) is 12.8 Å². The van der Waals surface area contributed by atoms with Crippen LogP contribution < -0.4 is 14.8 Å². The summed E-state index contributed by atoms with van der Waals surface area (Å²) in [5.41, 5.74) is -1.32. The molecule has 168 valence electrons. The minimum absolute atomic E-state index is 0.0453. The third-order valence-corrected chi connectivity index (χ3v) is 5.69. The molecule has 0 saturated carbocycles. The molecule has 0 aliphatic heterocycles. The third-order valence-electron chi connectivity index (χ3n) is 4.31. The minimum atomic E-state index is -4.56. The van der Waals surface area contributed by atoms with E-state index in [0.717, 1.165) is 36.4 Å². The van der Waals surface area contributed by atoms with Crippen molar-refractivity contribution in [3.05, 3.63) is 83.7 Å². The number of sulfonamides is 1. The Morgan fingerprint density at radius 1 is 0.969 bits per heavy atom. The molecule has 0 heterocycles. The summed E-state index contributed by atoms with van der Waals surface area (Å²) in [6, 6.07) is 12.2. The second-order valence-corrected chi connectivity index (χ2v) is 8.16. The van der Waals surface area contributed by atoms with Crippen LogP contribution in [0.4, 0.5) is 28.9 Å². The maximum atomic E-state index is 13.9. The van der Waals surface area contributed by atoms with E-state index in [1.165, 1.54) is 37.4 Å². The van der Waals surface area contributed by atoms with Crippen molar-refractivity contribution in [2.24, 2.45) is 0 Å². The Morgan fingerprint density at radius 2 is 1.62 bits per heavy atom. The molecule has 0 saturated heterocycles. The van der Waals surface area contributed by atoms with Gasteiger partial charge in [0.2, 0.25) is 0 Å². The van der Waals surface area contributed by atoms with Gasteiger partial charge in [0.05, 0.1) is 28.8 Å². The number of hydrogen-bond acceptors (Lipinski definition) is 4. The zero-order valence-electron chi connectivity index (χ0n) is 16.4. The highest BCUT2D eigenvalue weighted by Gasteiger charge is 2.30. The van der Waals surface area contributed by atoms with Crippen LogP contribution in [0.1, 0.15) is 15.9 Å². The molecule has 0 aromatic heterocycles. The molecule has 0 fully saturated rings. The maximum absolute atomic E-state index is 13.9. The van der Waals surface area contributed by atoms with E-state index in [1.807, 2.05) is 0 Å². The molecule has 0 bridgehead atoms. The van der Waals surface area contributed by atoms with Crippen molar-refractivity contribution in [1.29, 1.82) is 0 Å². The van der Waals surface area contributed by atoms with Crippen molar-refractivity contribution in [3.8, 4) is 5.75 Å². The lowest BCUT2D eigenvalue weighted by molar-refractivity contribution is -0.137. The highest BCUT2D eigenvalue weighted by molar-refractivity contribution is 7.92. The zero-order chi connectivity index (χ0) is 23.5. The Labute approximate surface area is 180 Å². The Balaban J connectivity index is 1.88. The normalized spacial score (nSPS) is 11.7. The van der Waals surface area contributed by atoms with Gasteiger partial charge >= 0.3 is 6.18 Å². The van der Waals surface area contributed by atoms with Crippen LogP contribution in [0, 0.1) is 5.82 Å². The first-order valence-corrected chi connectivity index (χ1v) is 10.4. The van der Waals surface area contributed by atoms with Crippen molar-refractivity contribution < 1.29 is 35.5 Å². The Morgan fingerprint density at radius 3 is 2.22 bits per heavy atom. The van der Waals surface area contributed by atoms with Crippen molar-refractivity contribution in [2.45, 2.75) is 11.1 Å². The molecule has 0 unspecified atom stereocenters. The summed E-state index contributed by atoms with van der Waals surface area (Å²) in [5.74, 6) is -1.48. The number of anilines is 2. The number of hydrogen-bond donors (Lipinski definition) is 2. The number of methoxy groups -OCH3 is 1. The van der Waals surface area contributed by atoms with Gasteiger partial charge in [0.15, 0.2) is 0 Å². The van der Waals surface area contributed by atoms with E-state index in [2.05, 4.69) is 10.0 Å². The summed E-state index contributed by atoms with van der Waals surface area (Å²) in [6.45, 7) is 0. The standard InChI is InChI=1S/C21H16F4N2O4S/c1-31-19-11-10-15(12-18(19)26-20(28)16-4-2-3-5-17(16)22)32(29,30)27-14-8-6-13(7-9-14)21(23,24)25/h2-12,27H,1H3,(H,26,28). The molecule has 0 radical (unpaired) electrons. The Kier molecular flexibility index (Phi) is 6.40. The predicted octanol–water partition coefficient (Wildman–Crippen LogP) is 4.91. The molecular formula is C21H16F4N2O4S. The second kappa shape index (κ2) is 8.87. The van der Waals surface area contributed by atoms with Gasteiger partial charge in [-0.1, -0.05) is 12.1 Å². The van der Waals surface area contributed by atoms with Crippen molar-refractivity contribution in [1.82, 2.24) is 0 Å². The molecule has 1 amide bonds. The number of nitrogens with one attached hydrogen (secondary N) is 2. The SMILES string of the molecule is COc1ccc(S(=O)(=O)Nc2ccc(C(F)(F)F)cc2)cc1NC(=O)c1ccccc1F. The van der Waals surface area contributed by atoms with Gasteiger partial charge < -0.3 is 10.1 Å². The van der Waals surface area contributed by atoms with Gasteiger partial charge in [0.1, 0.15) is 11.6 Å². The van der Waals surface area contributed by atoms with Crippen LogP contribution in [0.15, 0.2) is 71.6 Å². The van der Waals surface area contributed by atoms with Crippen molar-refractivity contribution in [3.63, 3.8) is 0 Å². The lowest BCUT2D eigenvalue weighted by Crippen LogP contribution is -2.16. The first-order chi connectivity index (χ1) is 15.0. The summed E-state index contributed by atoms with van der Waals surface area (Å²) in [5, 5.41) is 2.40. The van der Waals surface area contributed by atoms with Gasteiger partial charge in [0, 0.05) is 5.69 Å². The molecule has 6 nitrogen and oxygen atoms in total. The highest BCUT2D eigenvalue weighted by atomic mass is 32.2. The van der Waals surface area contributed by atoms with Crippen LogP contribution >= 0.6 is 0 Å². The number of ether oxygens (including phenoxy) is 1. The topological polar surface area (TPSA) is 84.5 Å². The third kappa shape index (κ3) is 5.17. The highest BCUT2D eigenvalue weighted by Crippen LogP contribution is 2.31. The molecule has 11 heteroatoms. The van der Waals surface area contributed by atoms with Gasteiger partial charge in [-0.2, -0.15) is 13.2 Å². The largest absolute Gasteiger partial charge is 0.495 e. The first kappa shape index (κ1) is 23.1. The number of carbonyl (C=O) groups is 1. The molecular weight excluding hydrogens is 452 g/mol. The molecule has 0 spiro atoms. The van der Waals surface area contributed by atoms with E-state index >= 15 is 0 Å². The lowest BCUT2D eigenvalue weighted by Gasteiger charge is -2.14. The van der Waals surface area contributed by atoms with Crippen LogP contribution in [0.5, 0.6) is 5.75 Å². The summed E-state index contributed by atoms with van der Waals surface area (Å²) < 4.78 is 84.6. The number of benzene rings is 3. The molecule has 32 heavy (non-hydrogen) atoms. The van der Waals surface area contributed by atoms with E-state index < -0.39 is 33.5 Å². The van der Waals surface area contributed by atoms with Crippen LogP contribution in [0.2, 0.25) is 0 Å². The fraction of sp³-hybridized carbons (Fsp3) is 0.0952. The molecule has 0 aliphatic carbocycles. The van der Waals surface area contributed by atoms with E-state index in [4.69, 9.17) is 4.74 Å².